The van der Waals surface area contributed by atoms with Gasteiger partial charge in [-0.05, 0) is 13.0 Å². The van der Waals surface area contributed by atoms with Crippen LogP contribution in [0.1, 0.15) is 5.82 Å². The first kappa shape index (κ1) is 7.49. The number of aliphatic hydroxyl groups excluding tert-OH is 1. The van der Waals surface area contributed by atoms with Gasteiger partial charge < -0.3 is 10.0 Å². The van der Waals surface area contributed by atoms with Gasteiger partial charge in [0.05, 0.1) is 6.10 Å². The minimum Gasteiger partial charge on any atom is -0.389 e. The first-order chi connectivity index (χ1) is 5.75. The fraction of sp³-hybridized carbons (Fsp3) is 0.500. The first-order valence-corrected chi connectivity index (χ1v) is 3.98. The van der Waals surface area contributed by atoms with Crippen LogP contribution in [0.4, 0.5) is 5.82 Å². The molecule has 12 heavy (non-hydrogen) atoms. The van der Waals surface area contributed by atoms with E-state index in [1.165, 1.54) is 0 Å². The van der Waals surface area contributed by atoms with Gasteiger partial charge in [0, 0.05) is 19.3 Å². The van der Waals surface area contributed by atoms with Gasteiger partial charge in [0.2, 0.25) is 0 Å². The summed E-state index contributed by atoms with van der Waals surface area (Å²) in [7, 11) is 0. The summed E-state index contributed by atoms with van der Waals surface area (Å²) >= 11 is 0. The van der Waals surface area contributed by atoms with E-state index in [-0.39, 0.29) is 6.10 Å². The van der Waals surface area contributed by atoms with Crippen molar-refractivity contribution >= 4 is 5.82 Å². The van der Waals surface area contributed by atoms with Crippen LogP contribution in [0.3, 0.4) is 0 Å². The third-order valence-electron chi connectivity index (χ3n) is 1.95. The highest BCUT2D eigenvalue weighted by atomic mass is 16.3. The van der Waals surface area contributed by atoms with E-state index in [0.29, 0.717) is 13.1 Å². The van der Waals surface area contributed by atoms with Crippen LogP contribution in [-0.4, -0.2) is 34.3 Å². The number of aliphatic hydroxyl groups is 1. The number of aryl methyl sites for hydroxylation is 1. The molecule has 64 valence electrons. The molecule has 0 bridgehead atoms. The molecular weight excluding hydrogens is 154 g/mol. The van der Waals surface area contributed by atoms with Crippen LogP contribution in [0, 0.1) is 6.92 Å². The maximum Gasteiger partial charge on any atom is 0.132 e. The second-order valence-electron chi connectivity index (χ2n) is 3.02. The van der Waals surface area contributed by atoms with Crippen molar-refractivity contribution in [1.82, 2.24) is 9.97 Å². The van der Waals surface area contributed by atoms with Gasteiger partial charge in [-0.25, -0.2) is 9.97 Å². The predicted octanol–water partition coefficient (Wildman–Crippen LogP) is -0.0341. The van der Waals surface area contributed by atoms with E-state index in [4.69, 9.17) is 5.11 Å². The van der Waals surface area contributed by atoms with Crippen molar-refractivity contribution in [2.24, 2.45) is 0 Å². The lowest BCUT2D eigenvalue weighted by Crippen LogP contribution is -2.51. The smallest absolute Gasteiger partial charge is 0.132 e. The Kier molecular flexibility index (Phi) is 1.69. The number of β-amino-alcohol motifs (C(OH)–C–C–N with tert-alkyl or cyclic N) is 1. The fourth-order valence-corrected chi connectivity index (χ4v) is 1.26. The van der Waals surface area contributed by atoms with Crippen molar-refractivity contribution in [2.45, 2.75) is 13.0 Å². The number of hydrogen-bond donors (Lipinski definition) is 1. The highest BCUT2D eigenvalue weighted by molar-refractivity contribution is 5.40. The van der Waals surface area contributed by atoms with Gasteiger partial charge in [0.15, 0.2) is 0 Å². The van der Waals surface area contributed by atoms with Crippen molar-refractivity contribution in [3.63, 3.8) is 0 Å². The lowest BCUT2D eigenvalue weighted by molar-refractivity contribution is 0.141. The molecule has 0 aliphatic carbocycles. The van der Waals surface area contributed by atoms with Crippen molar-refractivity contribution in [3.05, 3.63) is 18.1 Å². The van der Waals surface area contributed by atoms with E-state index < -0.39 is 0 Å². The third-order valence-corrected chi connectivity index (χ3v) is 1.95. The van der Waals surface area contributed by atoms with E-state index in [2.05, 4.69) is 9.97 Å². The van der Waals surface area contributed by atoms with Crippen LogP contribution in [0.25, 0.3) is 0 Å². The van der Waals surface area contributed by atoms with Gasteiger partial charge in [-0.3, -0.25) is 0 Å². The Morgan fingerprint density at radius 3 is 2.92 bits per heavy atom. The van der Waals surface area contributed by atoms with Crippen molar-refractivity contribution in [1.29, 1.82) is 0 Å². The van der Waals surface area contributed by atoms with Crippen LogP contribution >= 0.6 is 0 Å². The van der Waals surface area contributed by atoms with Crippen molar-refractivity contribution in [2.75, 3.05) is 18.0 Å². The second-order valence-corrected chi connectivity index (χ2v) is 3.02. The first-order valence-electron chi connectivity index (χ1n) is 3.98. The molecule has 0 spiro atoms. The summed E-state index contributed by atoms with van der Waals surface area (Å²) in [5, 5.41) is 9.06. The molecule has 1 aromatic heterocycles. The summed E-state index contributed by atoms with van der Waals surface area (Å²) in [6.45, 7) is 3.24. The molecule has 0 amide bonds. The lowest BCUT2D eigenvalue weighted by atomic mass is 10.2. The predicted molar refractivity (Wildman–Crippen MR) is 45.0 cm³/mol. The number of anilines is 1. The molecule has 1 saturated heterocycles. The quantitative estimate of drug-likeness (QED) is 0.634. The molecule has 2 rings (SSSR count). The van der Waals surface area contributed by atoms with Gasteiger partial charge in [-0.1, -0.05) is 0 Å². The maximum absolute atomic E-state index is 9.06. The molecule has 4 heteroatoms. The summed E-state index contributed by atoms with van der Waals surface area (Å²) in [4.78, 5) is 10.3. The van der Waals surface area contributed by atoms with Crippen molar-refractivity contribution < 1.29 is 5.11 Å². The zero-order valence-electron chi connectivity index (χ0n) is 6.94. The maximum atomic E-state index is 9.06. The number of hydrogen-bond acceptors (Lipinski definition) is 4. The summed E-state index contributed by atoms with van der Waals surface area (Å²) in [6, 6.07) is 1.86. The Bertz CT molecular complexity index is 283. The van der Waals surface area contributed by atoms with Gasteiger partial charge in [0.1, 0.15) is 11.6 Å². The molecule has 1 aliphatic heterocycles. The Labute approximate surface area is 70.9 Å². The lowest BCUT2D eigenvalue weighted by Gasteiger charge is -2.36. The third kappa shape index (κ3) is 1.25. The molecule has 1 aromatic rings. The van der Waals surface area contributed by atoms with E-state index in [0.717, 1.165) is 11.6 Å². The molecule has 2 heterocycles. The Morgan fingerprint density at radius 2 is 2.33 bits per heavy atom. The van der Waals surface area contributed by atoms with Crippen LogP contribution < -0.4 is 4.90 Å². The molecule has 4 nitrogen and oxygen atoms in total. The van der Waals surface area contributed by atoms with E-state index in [1.54, 1.807) is 6.20 Å². The Balaban J connectivity index is 2.13. The molecule has 0 saturated carbocycles. The minimum atomic E-state index is -0.180. The van der Waals surface area contributed by atoms with Crippen LogP contribution in [0.15, 0.2) is 12.3 Å². The standard InChI is InChI=1S/C8H11N3O/c1-6-9-3-2-8(10-6)11-4-7(12)5-11/h2-3,7,12H,4-5H2,1H3. The number of aromatic nitrogens is 2. The summed E-state index contributed by atoms with van der Waals surface area (Å²) in [5.41, 5.74) is 0. The van der Waals surface area contributed by atoms with Crippen LogP contribution in [0.5, 0.6) is 0 Å². The molecule has 1 fully saturated rings. The van der Waals surface area contributed by atoms with Gasteiger partial charge >= 0.3 is 0 Å². The van der Waals surface area contributed by atoms with Crippen LogP contribution in [-0.2, 0) is 0 Å². The summed E-state index contributed by atoms with van der Waals surface area (Å²) < 4.78 is 0. The van der Waals surface area contributed by atoms with Crippen LogP contribution in [0.2, 0.25) is 0 Å². The van der Waals surface area contributed by atoms with Gasteiger partial charge in [-0.2, -0.15) is 0 Å². The molecule has 0 unspecified atom stereocenters. The number of rotatable bonds is 1. The number of nitrogens with zero attached hydrogens (tertiary/aromatic N) is 3. The Hall–Kier alpha value is -1.16. The highest BCUT2D eigenvalue weighted by Gasteiger charge is 2.25. The molecular formula is C8H11N3O. The summed E-state index contributed by atoms with van der Waals surface area (Å²) in [5.74, 6) is 1.68. The molecule has 1 N–H and O–H groups in total. The highest BCUT2D eigenvalue weighted by Crippen LogP contribution is 2.17. The minimum absolute atomic E-state index is 0.180. The molecule has 1 aliphatic rings. The molecule has 0 aromatic carbocycles. The largest absolute Gasteiger partial charge is 0.389 e. The van der Waals surface area contributed by atoms with E-state index in [9.17, 15) is 0 Å². The zero-order valence-corrected chi connectivity index (χ0v) is 6.94. The van der Waals surface area contributed by atoms with Gasteiger partial charge in [-0.15, -0.1) is 0 Å². The normalized spacial score (nSPS) is 17.7. The Morgan fingerprint density at radius 1 is 1.58 bits per heavy atom. The van der Waals surface area contributed by atoms with Gasteiger partial charge in [0.25, 0.3) is 0 Å². The monoisotopic (exact) mass is 165 g/mol. The molecule has 0 atom stereocenters. The molecule has 0 radical (unpaired) electrons. The SMILES string of the molecule is Cc1nccc(N2CC(O)C2)n1. The van der Waals surface area contributed by atoms with E-state index in [1.807, 2.05) is 17.9 Å². The average Bonchev–Trinajstić information content (AvgIpc) is 1.99. The zero-order chi connectivity index (χ0) is 8.55. The second kappa shape index (κ2) is 2.71. The van der Waals surface area contributed by atoms with E-state index >= 15 is 0 Å². The average molecular weight is 165 g/mol. The topological polar surface area (TPSA) is 49.2 Å². The fourth-order valence-electron chi connectivity index (χ4n) is 1.26. The van der Waals surface area contributed by atoms with Crippen molar-refractivity contribution in [3.8, 4) is 0 Å². The summed E-state index contributed by atoms with van der Waals surface area (Å²) in [6.07, 6.45) is 1.56.